The highest BCUT2D eigenvalue weighted by atomic mass is 16.6. The smallest absolute Gasteiger partial charge is 0.269 e. The third kappa shape index (κ3) is 3.05. The van der Waals surface area contributed by atoms with E-state index in [1.165, 1.54) is 12.1 Å². The molecule has 0 unspecified atom stereocenters. The lowest BCUT2D eigenvalue weighted by atomic mass is 9.75. The molecule has 0 aromatic heterocycles. The van der Waals surface area contributed by atoms with Crippen LogP contribution in [0.4, 0.5) is 11.4 Å². The molecule has 1 aliphatic carbocycles. The van der Waals surface area contributed by atoms with Crippen LogP contribution in [0, 0.1) is 21.4 Å². The molecule has 0 saturated heterocycles. The number of rotatable bonds is 3. The molecule has 0 radical (unpaired) electrons. The largest absolute Gasteiger partial charge is 0.384 e. The molecule has 7 heteroatoms. The predicted octanol–water partition coefficient (Wildman–Crippen LogP) is 3.90. The van der Waals surface area contributed by atoms with Crippen LogP contribution in [0.2, 0.25) is 0 Å². The summed E-state index contributed by atoms with van der Waals surface area (Å²) in [6.45, 7) is 0. The summed E-state index contributed by atoms with van der Waals surface area (Å²) in [5.41, 5.74) is 9.51. The zero-order valence-corrected chi connectivity index (χ0v) is 15.5. The van der Waals surface area contributed by atoms with Crippen LogP contribution in [-0.2, 0) is 4.79 Å². The number of nitro benzene ring substituents is 1. The van der Waals surface area contributed by atoms with Crippen LogP contribution in [-0.4, -0.2) is 10.7 Å². The van der Waals surface area contributed by atoms with Crippen molar-refractivity contribution in [1.82, 2.24) is 0 Å². The molecule has 2 aromatic rings. The topological polar surface area (TPSA) is 113 Å². The molecule has 7 nitrogen and oxygen atoms in total. The number of carbonyl (C=O) groups excluding carboxylic acids is 1. The quantitative estimate of drug-likeness (QED) is 0.632. The number of carbonyl (C=O) groups is 1. The fourth-order valence-electron chi connectivity index (χ4n) is 4.08. The van der Waals surface area contributed by atoms with E-state index in [4.69, 9.17) is 5.73 Å². The number of nitriles is 1. The molecule has 2 N–H and O–H groups in total. The van der Waals surface area contributed by atoms with Crippen molar-refractivity contribution in [1.29, 1.82) is 5.26 Å². The molecule has 2 aromatic carbocycles. The van der Waals surface area contributed by atoms with Crippen molar-refractivity contribution in [3.63, 3.8) is 0 Å². The van der Waals surface area contributed by atoms with E-state index in [-0.39, 0.29) is 17.3 Å². The second-order valence-corrected chi connectivity index (χ2v) is 7.00. The number of nitrogens with two attached hydrogens (primary N) is 1. The van der Waals surface area contributed by atoms with Crippen LogP contribution in [0.15, 0.2) is 77.3 Å². The Morgan fingerprint density at radius 2 is 1.79 bits per heavy atom. The minimum absolute atomic E-state index is 0.00673. The first-order valence-corrected chi connectivity index (χ1v) is 9.28. The number of allylic oxidation sites excluding steroid dienone is 3. The Hall–Kier alpha value is -3.92. The van der Waals surface area contributed by atoms with Gasteiger partial charge in [0.05, 0.1) is 22.5 Å². The lowest BCUT2D eigenvalue weighted by Crippen LogP contribution is -2.38. The number of non-ortho nitro benzene ring substituents is 1. The zero-order valence-electron chi connectivity index (χ0n) is 15.5. The molecule has 0 fully saturated rings. The first-order valence-electron chi connectivity index (χ1n) is 9.28. The van der Waals surface area contributed by atoms with Crippen LogP contribution in [0.1, 0.15) is 30.7 Å². The number of anilines is 1. The van der Waals surface area contributed by atoms with E-state index < -0.39 is 10.8 Å². The monoisotopic (exact) mass is 386 g/mol. The second-order valence-electron chi connectivity index (χ2n) is 7.00. The minimum Gasteiger partial charge on any atom is -0.384 e. The fourth-order valence-corrected chi connectivity index (χ4v) is 4.08. The van der Waals surface area contributed by atoms with Gasteiger partial charge in [-0.3, -0.25) is 19.8 Å². The summed E-state index contributed by atoms with van der Waals surface area (Å²) in [6, 6.07) is 17.6. The van der Waals surface area contributed by atoms with Gasteiger partial charge in [0.25, 0.3) is 5.69 Å². The third-order valence-electron chi connectivity index (χ3n) is 5.36. The van der Waals surface area contributed by atoms with Gasteiger partial charge in [0.2, 0.25) is 0 Å². The van der Waals surface area contributed by atoms with E-state index in [2.05, 4.69) is 6.07 Å². The highest BCUT2D eigenvalue weighted by molar-refractivity contribution is 6.01. The summed E-state index contributed by atoms with van der Waals surface area (Å²) in [5, 5.41) is 20.9. The van der Waals surface area contributed by atoms with E-state index in [0.29, 0.717) is 36.1 Å². The molecular formula is C22H18N4O3. The van der Waals surface area contributed by atoms with Crippen molar-refractivity contribution >= 4 is 17.2 Å². The van der Waals surface area contributed by atoms with Gasteiger partial charge < -0.3 is 5.73 Å². The summed E-state index contributed by atoms with van der Waals surface area (Å²) >= 11 is 0. The zero-order chi connectivity index (χ0) is 20.5. The number of benzene rings is 2. The number of ketones is 1. The maximum Gasteiger partial charge on any atom is 0.269 e. The maximum absolute atomic E-state index is 13.0. The molecule has 1 atom stereocenters. The van der Waals surface area contributed by atoms with E-state index in [0.717, 1.165) is 11.3 Å². The number of hydrogen-bond donors (Lipinski definition) is 1. The van der Waals surface area contributed by atoms with Crippen molar-refractivity contribution < 1.29 is 9.72 Å². The maximum atomic E-state index is 13.0. The van der Waals surface area contributed by atoms with Gasteiger partial charge in [-0.05, 0) is 30.5 Å². The number of Topliss-reactive ketones (excluding diaryl/α,β-unsaturated/α-hetero) is 1. The molecule has 0 amide bonds. The van der Waals surface area contributed by atoms with E-state index in [1.54, 1.807) is 17.0 Å². The summed E-state index contributed by atoms with van der Waals surface area (Å²) in [5.74, 6) is -0.241. The fraction of sp³-hybridized carbons (Fsp3) is 0.182. The van der Waals surface area contributed by atoms with Gasteiger partial charge in [-0.1, -0.05) is 30.3 Å². The van der Waals surface area contributed by atoms with Crippen LogP contribution >= 0.6 is 0 Å². The number of hydrogen-bond acceptors (Lipinski definition) is 6. The molecular weight excluding hydrogens is 368 g/mol. The Bertz CT molecular complexity index is 1100. The Morgan fingerprint density at radius 3 is 2.41 bits per heavy atom. The van der Waals surface area contributed by atoms with Crippen LogP contribution in [0.3, 0.4) is 0 Å². The highest BCUT2D eigenvalue weighted by Gasteiger charge is 2.40. The molecule has 0 saturated carbocycles. The van der Waals surface area contributed by atoms with Crippen molar-refractivity contribution in [2.45, 2.75) is 25.2 Å². The van der Waals surface area contributed by atoms with Gasteiger partial charge in [-0.15, -0.1) is 0 Å². The standard InChI is InChI=1S/C22H18N4O3/c23-13-17-20(14-5-2-1-3-6-14)21-18(7-4-8-19(21)27)25(22(17)24)15-9-11-16(12-10-15)26(28)29/h1-3,5-6,9-12,20H,4,7-8,24H2/t20-/m1/s1. The van der Waals surface area contributed by atoms with Gasteiger partial charge in [0.1, 0.15) is 5.82 Å². The van der Waals surface area contributed by atoms with E-state index in [9.17, 15) is 20.2 Å². The molecule has 0 bridgehead atoms. The summed E-state index contributed by atoms with van der Waals surface area (Å²) in [7, 11) is 0. The minimum atomic E-state index is -0.502. The van der Waals surface area contributed by atoms with E-state index >= 15 is 0 Å². The molecule has 1 heterocycles. The van der Waals surface area contributed by atoms with Gasteiger partial charge in [-0.2, -0.15) is 5.26 Å². The summed E-state index contributed by atoms with van der Waals surface area (Å²) in [6.07, 6.45) is 1.76. The van der Waals surface area contributed by atoms with Crippen molar-refractivity contribution in [2.24, 2.45) is 5.73 Å². The average Bonchev–Trinajstić information content (AvgIpc) is 2.74. The molecule has 29 heavy (non-hydrogen) atoms. The summed E-state index contributed by atoms with van der Waals surface area (Å²) < 4.78 is 0. The molecule has 144 valence electrons. The average molecular weight is 386 g/mol. The molecule has 1 aliphatic heterocycles. The molecule has 0 spiro atoms. The number of nitro groups is 1. The van der Waals surface area contributed by atoms with Crippen molar-refractivity contribution in [3.05, 3.63) is 92.9 Å². The van der Waals surface area contributed by atoms with Gasteiger partial charge in [0.15, 0.2) is 5.78 Å². The van der Waals surface area contributed by atoms with Crippen LogP contribution in [0.25, 0.3) is 0 Å². The first-order chi connectivity index (χ1) is 14.0. The van der Waals surface area contributed by atoms with Crippen LogP contribution < -0.4 is 10.6 Å². The van der Waals surface area contributed by atoms with Gasteiger partial charge >= 0.3 is 0 Å². The Balaban J connectivity index is 1.92. The van der Waals surface area contributed by atoms with Gasteiger partial charge in [-0.25, -0.2) is 0 Å². The predicted molar refractivity (Wildman–Crippen MR) is 107 cm³/mol. The highest BCUT2D eigenvalue weighted by Crippen LogP contribution is 2.46. The normalized spacial score (nSPS) is 19.1. The molecule has 4 rings (SSSR count). The lowest BCUT2D eigenvalue weighted by molar-refractivity contribution is -0.384. The van der Waals surface area contributed by atoms with Crippen molar-refractivity contribution in [3.8, 4) is 6.07 Å². The summed E-state index contributed by atoms with van der Waals surface area (Å²) in [4.78, 5) is 25.2. The second kappa shape index (κ2) is 7.24. The Labute approximate surface area is 167 Å². The van der Waals surface area contributed by atoms with Crippen LogP contribution in [0.5, 0.6) is 0 Å². The first kappa shape index (κ1) is 18.4. The lowest BCUT2D eigenvalue weighted by Gasteiger charge is -2.39. The Morgan fingerprint density at radius 1 is 1.10 bits per heavy atom. The Kier molecular flexibility index (Phi) is 4.61. The van der Waals surface area contributed by atoms with Crippen molar-refractivity contribution in [2.75, 3.05) is 4.90 Å². The molecule has 2 aliphatic rings. The van der Waals surface area contributed by atoms with Gasteiger partial charge in [0, 0.05) is 35.5 Å². The van der Waals surface area contributed by atoms with E-state index in [1.807, 2.05) is 30.3 Å². The SMILES string of the molecule is N#CC1=C(N)N(c2ccc([N+](=O)[O-])cc2)C2=C(C(=O)CCC2)[C@@H]1c1ccccc1. The number of nitrogens with zero attached hydrogens (tertiary/aromatic N) is 3. The third-order valence-corrected chi connectivity index (χ3v) is 5.36.